The fourth-order valence-corrected chi connectivity index (χ4v) is 2.61. The topological polar surface area (TPSA) is 40.5 Å². The lowest BCUT2D eigenvalue weighted by Gasteiger charge is -2.39. The summed E-state index contributed by atoms with van der Waals surface area (Å²) in [7, 11) is 0. The lowest BCUT2D eigenvalue weighted by Crippen LogP contribution is -2.44. The van der Waals surface area contributed by atoms with Gasteiger partial charge in [0.1, 0.15) is 0 Å². The summed E-state index contributed by atoms with van der Waals surface area (Å²) in [6.45, 7) is 9.20. The number of carboxylic acids is 1. The molecule has 1 saturated heterocycles. The van der Waals surface area contributed by atoms with E-state index in [1.807, 2.05) is 13.8 Å². The molecule has 1 atom stereocenters. The van der Waals surface area contributed by atoms with Gasteiger partial charge in [0.05, 0.1) is 5.41 Å². The van der Waals surface area contributed by atoms with Gasteiger partial charge in [0.2, 0.25) is 0 Å². The second kappa shape index (κ2) is 6.39. The van der Waals surface area contributed by atoms with Gasteiger partial charge in [-0.1, -0.05) is 19.8 Å². The zero-order chi connectivity index (χ0) is 12.9. The maximum atomic E-state index is 11.3. The fraction of sp³-hybridized carbons (Fsp3) is 0.929. The van der Waals surface area contributed by atoms with Crippen LogP contribution in [0.25, 0.3) is 0 Å². The number of hydrogen-bond donors (Lipinski definition) is 1. The van der Waals surface area contributed by atoms with Crippen molar-refractivity contribution in [3.05, 3.63) is 0 Å². The van der Waals surface area contributed by atoms with Crippen LogP contribution in [0.1, 0.15) is 52.9 Å². The van der Waals surface area contributed by atoms with Crippen molar-refractivity contribution in [2.24, 2.45) is 11.3 Å². The van der Waals surface area contributed by atoms with E-state index < -0.39 is 11.4 Å². The van der Waals surface area contributed by atoms with Crippen molar-refractivity contribution in [1.29, 1.82) is 0 Å². The average molecular weight is 241 g/mol. The van der Waals surface area contributed by atoms with Crippen molar-refractivity contribution < 1.29 is 9.90 Å². The predicted molar refractivity (Wildman–Crippen MR) is 70.1 cm³/mol. The summed E-state index contributed by atoms with van der Waals surface area (Å²) in [6, 6.07) is 0. The SMILES string of the molecule is CCCCCN1CCCC(C(C)(C)C(=O)O)C1. The van der Waals surface area contributed by atoms with E-state index in [9.17, 15) is 9.90 Å². The fourth-order valence-electron chi connectivity index (χ4n) is 2.61. The average Bonchev–Trinajstić information content (AvgIpc) is 2.29. The Kier molecular flexibility index (Phi) is 5.44. The third kappa shape index (κ3) is 3.98. The van der Waals surface area contributed by atoms with Gasteiger partial charge >= 0.3 is 5.97 Å². The lowest BCUT2D eigenvalue weighted by atomic mass is 9.74. The molecule has 3 heteroatoms. The Bertz CT molecular complexity index is 251. The Labute approximate surface area is 105 Å². The molecule has 17 heavy (non-hydrogen) atoms. The van der Waals surface area contributed by atoms with E-state index in [0.717, 1.165) is 32.5 Å². The van der Waals surface area contributed by atoms with Gasteiger partial charge in [-0.25, -0.2) is 0 Å². The van der Waals surface area contributed by atoms with Crippen LogP contribution in [0.4, 0.5) is 0 Å². The highest BCUT2D eigenvalue weighted by molar-refractivity contribution is 5.74. The van der Waals surface area contributed by atoms with Gasteiger partial charge in [0.25, 0.3) is 0 Å². The van der Waals surface area contributed by atoms with E-state index in [-0.39, 0.29) is 0 Å². The number of carboxylic acid groups (broad SMARTS) is 1. The van der Waals surface area contributed by atoms with Gasteiger partial charge in [-0.3, -0.25) is 4.79 Å². The molecule has 1 rings (SSSR count). The number of nitrogens with zero attached hydrogens (tertiary/aromatic N) is 1. The summed E-state index contributed by atoms with van der Waals surface area (Å²) in [4.78, 5) is 13.7. The van der Waals surface area contributed by atoms with Crippen LogP contribution in [0.2, 0.25) is 0 Å². The number of carbonyl (C=O) groups is 1. The minimum absolute atomic E-state index is 0.301. The second-order valence-electron chi connectivity index (χ2n) is 5.87. The maximum absolute atomic E-state index is 11.3. The zero-order valence-corrected chi connectivity index (χ0v) is 11.5. The second-order valence-corrected chi connectivity index (χ2v) is 5.87. The minimum atomic E-state index is -0.655. The molecule has 0 aromatic heterocycles. The van der Waals surface area contributed by atoms with Gasteiger partial charge in [-0.05, 0) is 52.1 Å². The summed E-state index contributed by atoms with van der Waals surface area (Å²) >= 11 is 0. The van der Waals surface area contributed by atoms with Gasteiger partial charge in [0, 0.05) is 6.54 Å². The number of rotatable bonds is 6. The molecule has 0 aromatic carbocycles. The highest BCUT2D eigenvalue weighted by Crippen LogP contribution is 2.34. The van der Waals surface area contributed by atoms with Crippen LogP contribution < -0.4 is 0 Å². The van der Waals surface area contributed by atoms with Crippen LogP contribution in [0.5, 0.6) is 0 Å². The van der Waals surface area contributed by atoms with E-state index in [2.05, 4.69) is 11.8 Å². The molecule has 0 spiro atoms. The monoisotopic (exact) mass is 241 g/mol. The van der Waals surface area contributed by atoms with Gasteiger partial charge < -0.3 is 10.0 Å². The number of piperidine rings is 1. The first-order valence-corrected chi connectivity index (χ1v) is 6.94. The molecular formula is C14H27NO2. The number of unbranched alkanes of at least 4 members (excludes halogenated alkanes) is 2. The van der Waals surface area contributed by atoms with E-state index in [4.69, 9.17) is 0 Å². The van der Waals surface area contributed by atoms with Crippen molar-refractivity contribution >= 4 is 5.97 Å². The molecule has 0 aliphatic carbocycles. The molecule has 0 saturated carbocycles. The van der Waals surface area contributed by atoms with Crippen molar-refractivity contribution in [2.45, 2.75) is 52.9 Å². The van der Waals surface area contributed by atoms with Crippen molar-refractivity contribution in [3.63, 3.8) is 0 Å². The number of likely N-dealkylation sites (tertiary alicyclic amines) is 1. The maximum Gasteiger partial charge on any atom is 0.309 e. The van der Waals surface area contributed by atoms with Gasteiger partial charge in [0.15, 0.2) is 0 Å². The molecule has 1 aliphatic heterocycles. The lowest BCUT2D eigenvalue weighted by molar-refractivity contribution is -0.151. The van der Waals surface area contributed by atoms with E-state index in [1.165, 1.54) is 19.3 Å². The standard InChI is InChI=1S/C14H27NO2/c1-4-5-6-9-15-10-7-8-12(11-15)14(2,3)13(16)17/h12H,4-11H2,1-3H3,(H,16,17). The van der Waals surface area contributed by atoms with Gasteiger partial charge in [-0.2, -0.15) is 0 Å². The highest BCUT2D eigenvalue weighted by atomic mass is 16.4. The largest absolute Gasteiger partial charge is 0.481 e. The molecular weight excluding hydrogens is 214 g/mol. The molecule has 0 amide bonds. The predicted octanol–water partition coefficient (Wildman–Crippen LogP) is 3.00. The van der Waals surface area contributed by atoms with Crippen molar-refractivity contribution in [1.82, 2.24) is 4.90 Å². The van der Waals surface area contributed by atoms with Crippen LogP contribution in [0.3, 0.4) is 0 Å². The summed E-state index contributed by atoms with van der Waals surface area (Å²) in [6.07, 6.45) is 5.98. The third-order valence-electron chi connectivity index (χ3n) is 4.16. The minimum Gasteiger partial charge on any atom is -0.481 e. The Morgan fingerprint density at radius 1 is 1.41 bits per heavy atom. The quantitative estimate of drug-likeness (QED) is 0.727. The molecule has 1 heterocycles. The van der Waals surface area contributed by atoms with E-state index >= 15 is 0 Å². The summed E-state index contributed by atoms with van der Waals surface area (Å²) in [5.74, 6) is -0.353. The first kappa shape index (κ1) is 14.5. The van der Waals surface area contributed by atoms with Crippen molar-refractivity contribution in [3.8, 4) is 0 Å². The molecule has 3 nitrogen and oxygen atoms in total. The Morgan fingerprint density at radius 2 is 2.12 bits per heavy atom. The molecule has 1 aliphatic rings. The Hall–Kier alpha value is -0.570. The normalized spacial score (nSPS) is 22.6. The Balaban J connectivity index is 2.46. The summed E-state index contributed by atoms with van der Waals surface area (Å²) in [5, 5.41) is 9.28. The van der Waals surface area contributed by atoms with Gasteiger partial charge in [-0.15, -0.1) is 0 Å². The van der Waals surface area contributed by atoms with Crippen LogP contribution >= 0.6 is 0 Å². The van der Waals surface area contributed by atoms with Crippen LogP contribution in [-0.4, -0.2) is 35.6 Å². The molecule has 1 fully saturated rings. The van der Waals surface area contributed by atoms with E-state index in [0.29, 0.717) is 5.92 Å². The molecule has 100 valence electrons. The zero-order valence-electron chi connectivity index (χ0n) is 11.5. The Morgan fingerprint density at radius 3 is 2.71 bits per heavy atom. The summed E-state index contributed by atoms with van der Waals surface area (Å²) in [5.41, 5.74) is -0.580. The molecule has 0 bridgehead atoms. The first-order valence-electron chi connectivity index (χ1n) is 6.94. The first-order chi connectivity index (χ1) is 7.98. The summed E-state index contributed by atoms with van der Waals surface area (Å²) < 4.78 is 0. The molecule has 0 radical (unpaired) electrons. The number of hydrogen-bond acceptors (Lipinski definition) is 2. The van der Waals surface area contributed by atoms with Crippen LogP contribution in [-0.2, 0) is 4.79 Å². The smallest absolute Gasteiger partial charge is 0.309 e. The van der Waals surface area contributed by atoms with E-state index in [1.54, 1.807) is 0 Å². The third-order valence-corrected chi connectivity index (χ3v) is 4.16. The molecule has 1 N–H and O–H groups in total. The van der Waals surface area contributed by atoms with Crippen molar-refractivity contribution in [2.75, 3.05) is 19.6 Å². The van der Waals surface area contributed by atoms with Crippen LogP contribution in [0.15, 0.2) is 0 Å². The van der Waals surface area contributed by atoms with Crippen LogP contribution in [0, 0.1) is 11.3 Å². The molecule has 1 unspecified atom stereocenters. The number of aliphatic carboxylic acids is 1. The highest BCUT2D eigenvalue weighted by Gasteiger charge is 2.38. The molecule has 0 aromatic rings.